The number of halogens is 1. The average molecular weight is 381 g/mol. The summed E-state index contributed by atoms with van der Waals surface area (Å²) in [4.78, 5) is 12.3. The van der Waals surface area contributed by atoms with E-state index in [0.29, 0.717) is 27.9 Å². The summed E-state index contributed by atoms with van der Waals surface area (Å²) in [5.41, 5.74) is 1.29. The zero-order valence-electron chi connectivity index (χ0n) is 14.6. The number of ether oxygens (including phenoxy) is 1. The summed E-state index contributed by atoms with van der Waals surface area (Å²) in [6.07, 6.45) is -0.745. The molecule has 1 N–H and O–H groups in total. The topological polar surface area (TPSA) is 75.3 Å². The van der Waals surface area contributed by atoms with Gasteiger partial charge in [0.2, 0.25) is 0 Å². The highest BCUT2D eigenvalue weighted by Gasteiger charge is 2.16. The summed E-state index contributed by atoms with van der Waals surface area (Å²) >= 11 is 5.89. The molecule has 1 aromatic heterocycles. The Balaban J connectivity index is 1.57. The Morgan fingerprint density at radius 3 is 2.67 bits per heavy atom. The van der Waals surface area contributed by atoms with Crippen LogP contribution in [-0.4, -0.2) is 12.0 Å². The van der Waals surface area contributed by atoms with Crippen LogP contribution in [0.2, 0.25) is 5.02 Å². The zero-order valence-corrected chi connectivity index (χ0v) is 15.4. The number of nitrogens with zero attached hydrogens (tertiary/aromatic N) is 1. The summed E-state index contributed by atoms with van der Waals surface area (Å²) in [6.45, 7) is 1.87. The first-order chi connectivity index (χ1) is 13.1. The van der Waals surface area contributed by atoms with Crippen molar-refractivity contribution in [3.05, 3.63) is 77.0 Å². The Kier molecular flexibility index (Phi) is 5.80. The molecule has 0 radical (unpaired) electrons. The van der Waals surface area contributed by atoms with Crippen LogP contribution in [0.5, 0.6) is 5.75 Å². The Morgan fingerprint density at radius 2 is 1.93 bits per heavy atom. The van der Waals surface area contributed by atoms with E-state index in [1.165, 1.54) is 0 Å². The van der Waals surface area contributed by atoms with Gasteiger partial charge in [0.25, 0.3) is 5.91 Å². The highest BCUT2D eigenvalue weighted by atomic mass is 35.5. The molecular formula is C21H17ClN2O3. The molecule has 1 amide bonds. The second kappa shape index (κ2) is 8.43. The molecule has 1 atom stereocenters. The van der Waals surface area contributed by atoms with E-state index in [4.69, 9.17) is 26.0 Å². The largest absolute Gasteiger partial charge is 0.480 e. The molecule has 1 unspecified atom stereocenters. The number of nitriles is 1. The fourth-order valence-corrected chi connectivity index (χ4v) is 2.59. The molecule has 27 heavy (non-hydrogen) atoms. The molecule has 2 aromatic carbocycles. The highest BCUT2D eigenvalue weighted by Crippen LogP contribution is 2.24. The molecule has 3 aromatic rings. The van der Waals surface area contributed by atoms with Crippen LogP contribution in [0.15, 0.2) is 65.1 Å². The molecule has 5 nitrogen and oxygen atoms in total. The van der Waals surface area contributed by atoms with E-state index >= 15 is 0 Å². The molecule has 0 aliphatic heterocycles. The molecule has 1 heterocycles. The lowest BCUT2D eigenvalue weighted by Gasteiger charge is -2.15. The predicted octanol–water partition coefficient (Wildman–Crippen LogP) is 4.56. The first-order valence-electron chi connectivity index (χ1n) is 8.35. The van der Waals surface area contributed by atoms with Gasteiger partial charge >= 0.3 is 0 Å². The Bertz CT molecular complexity index is 974. The van der Waals surface area contributed by atoms with Crippen LogP contribution in [0.3, 0.4) is 0 Å². The number of carbonyl (C=O) groups excluding carboxylic acids is 1. The number of furan rings is 1. The van der Waals surface area contributed by atoms with Crippen molar-refractivity contribution in [2.75, 3.05) is 0 Å². The summed E-state index contributed by atoms with van der Waals surface area (Å²) < 4.78 is 11.3. The molecule has 0 saturated carbocycles. The number of hydrogen-bond acceptors (Lipinski definition) is 4. The summed E-state index contributed by atoms with van der Waals surface area (Å²) in [6, 6.07) is 19.8. The number of carbonyl (C=O) groups is 1. The maximum atomic E-state index is 12.3. The van der Waals surface area contributed by atoms with Crippen molar-refractivity contribution < 1.29 is 13.9 Å². The lowest BCUT2D eigenvalue weighted by molar-refractivity contribution is -0.127. The van der Waals surface area contributed by atoms with Gasteiger partial charge in [-0.25, -0.2) is 0 Å². The van der Waals surface area contributed by atoms with E-state index in [-0.39, 0.29) is 12.5 Å². The second-order valence-corrected chi connectivity index (χ2v) is 6.30. The lowest BCUT2D eigenvalue weighted by atomic mass is 10.2. The molecular weight excluding hydrogens is 364 g/mol. The summed E-state index contributed by atoms with van der Waals surface area (Å²) in [5.74, 6) is 1.40. The van der Waals surface area contributed by atoms with Crippen LogP contribution in [0.4, 0.5) is 0 Å². The molecule has 0 fully saturated rings. The first-order valence-corrected chi connectivity index (χ1v) is 8.73. The molecule has 136 valence electrons. The van der Waals surface area contributed by atoms with Crippen LogP contribution in [0.1, 0.15) is 18.2 Å². The zero-order chi connectivity index (χ0) is 19.2. The van der Waals surface area contributed by atoms with Crippen molar-refractivity contribution in [3.63, 3.8) is 0 Å². The van der Waals surface area contributed by atoms with Crippen LogP contribution in [-0.2, 0) is 11.3 Å². The van der Waals surface area contributed by atoms with Crippen LogP contribution in [0.25, 0.3) is 11.3 Å². The molecule has 0 bridgehead atoms. The number of amides is 1. The van der Waals surface area contributed by atoms with Gasteiger partial charge in [0, 0.05) is 10.6 Å². The third-order valence-corrected chi connectivity index (χ3v) is 4.16. The van der Waals surface area contributed by atoms with Crippen molar-refractivity contribution >= 4 is 17.5 Å². The van der Waals surface area contributed by atoms with E-state index in [9.17, 15) is 4.79 Å². The van der Waals surface area contributed by atoms with E-state index in [1.807, 2.05) is 24.3 Å². The van der Waals surface area contributed by atoms with E-state index < -0.39 is 6.10 Å². The van der Waals surface area contributed by atoms with E-state index in [1.54, 1.807) is 49.4 Å². The van der Waals surface area contributed by atoms with Gasteiger partial charge in [0.1, 0.15) is 23.3 Å². The summed E-state index contributed by atoms with van der Waals surface area (Å²) in [5, 5.41) is 12.5. The van der Waals surface area contributed by atoms with E-state index in [2.05, 4.69) is 5.32 Å². The average Bonchev–Trinajstić information content (AvgIpc) is 3.16. The maximum absolute atomic E-state index is 12.3. The molecule has 0 spiro atoms. The second-order valence-electron chi connectivity index (χ2n) is 5.86. The Hall–Kier alpha value is -3.23. The highest BCUT2D eigenvalue weighted by molar-refractivity contribution is 6.30. The van der Waals surface area contributed by atoms with Crippen LogP contribution < -0.4 is 10.1 Å². The molecule has 0 aliphatic rings. The van der Waals surface area contributed by atoms with Crippen molar-refractivity contribution in [3.8, 4) is 23.1 Å². The first kappa shape index (κ1) is 18.6. The normalized spacial score (nSPS) is 11.4. The smallest absolute Gasteiger partial charge is 0.261 e. The van der Waals surface area contributed by atoms with Crippen molar-refractivity contribution in [1.29, 1.82) is 5.26 Å². The monoisotopic (exact) mass is 380 g/mol. The minimum atomic E-state index is -0.745. The Morgan fingerprint density at radius 1 is 1.19 bits per heavy atom. The van der Waals surface area contributed by atoms with Crippen LogP contribution >= 0.6 is 11.6 Å². The standard InChI is InChI=1S/C21H17ClN2O3/c1-14(26-19-5-3-2-4-16(19)12-23)21(25)24-13-18-10-11-20(27-18)15-6-8-17(22)9-7-15/h2-11,14H,13H2,1H3,(H,24,25). The van der Waals surface area contributed by atoms with Gasteiger partial charge in [-0.2, -0.15) is 5.26 Å². The summed E-state index contributed by atoms with van der Waals surface area (Å²) in [7, 11) is 0. The maximum Gasteiger partial charge on any atom is 0.261 e. The van der Waals surface area contributed by atoms with E-state index in [0.717, 1.165) is 5.56 Å². The Labute approximate surface area is 162 Å². The molecule has 0 saturated heterocycles. The molecule has 0 aliphatic carbocycles. The molecule has 6 heteroatoms. The third-order valence-electron chi connectivity index (χ3n) is 3.91. The van der Waals surface area contributed by atoms with Gasteiger partial charge in [0.05, 0.1) is 12.1 Å². The third kappa shape index (κ3) is 4.69. The number of hydrogen-bond donors (Lipinski definition) is 1. The quantitative estimate of drug-likeness (QED) is 0.680. The van der Waals surface area contributed by atoms with Crippen molar-refractivity contribution in [2.24, 2.45) is 0 Å². The van der Waals surface area contributed by atoms with Gasteiger partial charge < -0.3 is 14.5 Å². The fourth-order valence-electron chi connectivity index (χ4n) is 2.47. The minimum Gasteiger partial charge on any atom is -0.480 e. The lowest BCUT2D eigenvalue weighted by Crippen LogP contribution is -2.35. The number of nitrogens with one attached hydrogen (secondary N) is 1. The van der Waals surface area contributed by atoms with Crippen molar-refractivity contribution in [1.82, 2.24) is 5.32 Å². The van der Waals surface area contributed by atoms with Gasteiger partial charge in [-0.3, -0.25) is 4.79 Å². The van der Waals surface area contributed by atoms with Gasteiger partial charge in [0.15, 0.2) is 6.10 Å². The predicted molar refractivity (Wildman–Crippen MR) is 102 cm³/mol. The number of rotatable bonds is 6. The van der Waals surface area contributed by atoms with Gasteiger partial charge in [-0.1, -0.05) is 23.7 Å². The van der Waals surface area contributed by atoms with Crippen molar-refractivity contribution in [2.45, 2.75) is 19.6 Å². The van der Waals surface area contributed by atoms with Crippen LogP contribution in [0, 0.1) is 11.3 Å². The van der Waals surface area contributed by atoms with Gasteiger partial charge in [-0.05, 0) is 55.5 Å². The SMILES string of the molecule is CC(Oc1ccccc1C#N)C(=O)NCc1ccc(-c2ccc(Cl)cc2)o1. The minimum absolute atomic E-state index is 0.236. The number of benzene rings is 2. The molecule has 3 rings (SSSR count). The fraction of sp³-hybridized carbons (Fsp3) is 0.143. The van der Waals surface area contributed by atoms with Gasteiger partial charge in [-0.15, -0.1) is 0 Å². The number of para-hydroxylation sites is 1.